The molecule has 2 bridgehead atoms. The van der Waals surface area contributed by atoms with Crippen molar-refractivity contribution in [2.24, 2.45) is 0 Å². The molecular formula is C43H44F6N6O6. The average Bonchev–Trinajstić information content (AvgIpc) is 3.93. The number of piperazine rings is 1. The number of aryl methyl sites for hydroxylation is 2. The van der Waals surface area contributed by atoms with Crippen LogP contribution in [0.1, 0.15) is 81.9 Å². The third-order valence-corrected chi connectivity index (χ3v) is 13.5. The molecule has 61 heavy (non-hydrogen) atoms. The van der Waals surface area contributed by atoms with Crippen LogP contribution in [0.15, 0.2) is 37.9 Å². The van der Waals surface area contributed by atoms with Crippen molar-refractivity contribution in [2.45, 2.75) is 120 Å². The second kappa shape index (κ2) is 15.1. The molecule has 5 aromatic rings. The number of nitrogens with zero attached hydrogens (tertiary/aromatic N) is 6. The van der Waals surface area contributed by atoms with Gasteiger partial charge in [-0.2, -0.15) is 9.97 Å². The Morgan fingerprint density at radius 3 is 2.66 bits per heavy atom. The Kier molecular flexibility index (Phi) is 9.88. The summed E-state index contributed by atoms with van der Waals surface area (Å²) in [5, 5.41) is 10.6. The topological polar surface area (TPSA) is 130 Å². The van der Waals surface area contributed by atoms with Crippen LogP contribution >= 0.6 is 0 Å². The molecule has 4 saturated heterocycles. The molecule has 3 aromatic heterocycles. The molecular weight excluding hydrogens is 810 g/mol. The quantitative estimate of drug-likeness (QED) is 0.136. The van der Waals surface area contributed by atoms with Crippen molar-refractivity contribution >= 4 is 27.5 Å². The normalized spacial score (nSPS) is 25.3. The molecule has 5 aliphatic heterocycles. The summed E-state index contributed by atoms with van der Waals surface area (Å²) in [5.41, 5.74) is -1.22. The molecule has 18 heteroatoms. The maximum absolute atomic E-state index is 17.6. The molecule has 0 amide bonds. The maximum Gasteiger partial charge on any atom is 0.573 e. The number of aromatic nitrogens is 3. The van der Waals surface area contributed by atoms with Crippen molar-refractivity contribution in [1.82, 2.24) is 24.8 Å². The van der Waals surface area contributed by atoms with Gasteiger partial charge in [0.25, 0.3) is 0 Å². The van der Waals surface area contributed by atoms with Crippen LogP contribution in [0.5, 0.6) is 17.5 Å². The number of anilines is 1. The second-order valence-electron chi connectivity index (χ2n) is 17.1. The van der Waals surface area contributed by atoms with Crippen molar-refractivity contribution in [3.05, 3.63) is 63.7 Å². The van der Waals surface area contributed by atoms with E-state index < -0.39 is 58.1 Å². The summed E-state index contributed by atoms with van der Waals surface area (Å²) in [6.45, 7) is 3.98. The van der Waals surface area contributed by atoms with Crippen LogP contribution in [0, 0.1) is 11.6 Å². The zero-order chi connectivity index (χ0) is 42.4. The molecule has 5 aliphatic rings. The Morgan fingerprint density at radius 1 is 1.00 bits per heavy atom. The fourth-order valence-corrected chi connectivity index (χ4v) is 10.9. The van der Waals surface area contributed by atoms with Crippen LogP contribution in [0.25, 0.3) is 32.9 Å². The molecule has 324 valence electrons. The van der Waals surface area contributed by atoms with Gasteiger partial charge >= 0.3 is 18.2 Å². The molecule has 0 unspecified atom stereocenters. The number of unbranched alkanes of at least 4 members (excludes halogenated alkanes) is 1. The number of halogens is 6. The SMILES string of the molecule is CCCCc1oc(=O)oc1CN1[C@@H]2CC[C@H]1[C@H]1CCCc3nc(-c4cc(O)cc5ccc(F)c(OC(F)(F)F)c45)c(F)c4nc(OC[C@@]56CCCN5C[C@H](F)C6)nc(c34)N1C2. The van der Waals surface area contributed by atoms with Gasteiger partial charge in [-0.1, -0.05) is 19.4 Å². The first-order valence-electron chi connectivity index (χ1n) is 21.1. The molecule has 0 saturated carbocycles. The number of phenols is 1. The maximum atomic E-state index is 17.6. The number of phenolic OH excluding ortho intramolecular Hbond substituents is 1. The Labute approximate surface area is 345 Å². The van der Waals surface area contributed by atoms with Crippen molar-refractivity contribution in [3.8, 4) is 28.8 Å². The van der Waals surface area contributed by atoms with Crippen LogP contribution in [-0.4, -0.2) is 92.3 Å². The van der Waals surface area contributed by atoms with Crippen LogP contribution in [0.2, 0.25) is 0 Å². The minimum Gasteiger partial charge on any atom is -0.508 e. The summed E-state index contributed by atoms with van der Waals surface area (Å²) < 4.78 is 110. The lowest BCUT2D eigenvalue weighted by Crippen LogP contribution is -2.60. The zero-order valence-electron chi connectivity index (χ0n) is 33.4. The standard InChI is InChI=1S/C43H44F6N6O6/c1-2-3-8-31-32(60-41(57)59-31)20-54-24-10-12-30(54)29-7-4-6-28-34-37(51-40(52-39(34)55(29)19-24)58-21-42-13-5-14-53(42)18-23(44)17-42)35(46)36(50-28)26-16-25(56)15-22-9-11-27(45)38(33(22)26)61-43(47,48)49/h9,11,15-16,23-24,29-30,56H,2-8,10,12-14,17-21H2,1H3/t23-,24-,29-,30+,42+/m1/s1. The highest BCUT2D eigenvalue weighted by Crippen LogP contribution is 2.47. The van der Waals surface area contributed by atoms with E-state index in [1.165, 1.54) is 6.07 Å². The van der Waals surface area contributed by atoms with E-state index in [2.05, 4.69) is 31.3 Å². The molecule has 5 atom stereocenters. The smallest absolute Gasteiger partial charge is 0.508 e. The Bertz CT molecular complexity index is 2590. The molecule has 0 radical (unpaired) electrons. The van der Waals surface area contributed by atoms with Gasteiger partial charge in [0.05, 0.1) is 23.2 Å². The van der Waals surface area contributed by atoms with E-state index in [-0.39, 0.29) is 60.2 Å². The molecule has 8 heterocycles. The largest absolute Gasteiger partial charge is 0.573 e. The fraction of sp³-hybridized carbons (Fsp3) is 0.535. The van der Waals surface area contributed by atoms with E-state index in [0.29, 0.717) is 73.6 Å². The average molecular weight is 855 g/mol. The molecule has 1 N–H and O–H groups in total. The van der Waals surface area contributed by atoms with E-state index in [0.717, 1.165) is 56.8 Å². The lowest BCUT2D eigenvalue weighted by atomic mass is 9.92. The van der Waals surface area contributed by atoms with E-state index in [9.17, 15) is 27.5 Å². The van der Waals surface area contributed by atoms with Crippen LogP contribution < -0.4 is 20.2 Å². The number of benzene rings is 2. The highest BCUT2D eigenvalue weighted by molar-refractivity contribution is 6.04. The van der Waals surface area contributed by atoms with Gasteiger partial charge in [-0.05, 0) is 81.5 Å². The Morgan fingerprint density at radius 2 is 1.84 bits per heavy atom. The van der Waals surface area contributed by atoms with Gasteiger partial charge in [0.2, 0.25) is 0 Å². The van der Waals surface area contributed by atoms with Crippen molar-refractivity contribution in [1.29, 1.82) is 0 Å². The van der Waals surface area contributed by atoms with E-state index >= 15 is 8.78 Å². The predicted molar refractivity (Wildman–Crippen MR) is 209 cm³/mol. The van der Waals surface area contributed by atoms with Crippen LogP contribution in [0.3, 0.4) is 0 Å². The van der Waals surface area contributed by atoms with Gasteiger partial charge in [0.1, 0.15) is 35.6 Å². The van der Waals surface area contributed by atoms with Crippen LogP contribution in [-0.2, 0) is 19.4 Å². The zero-order valence-corrected chi connectivity index (χ0v) is 33.4. The first-order chi connectivity index (χ1) is 29.3. The first kappa shape index (κ1) is 40.0. The number of ether oxygens (including phenoxy) is 2. The molecule has 10 rings (SSSR count). The number of hydrogen-bond donors (Lipinski definition) is 1. The molecule has 4 fully saturated rings. The van der Waals surface area contributed by atoms with Gasteiger partial charge in [-0.25, -0.2) is 22.9 Å². The lowest BCUT2D eigenvalue weighted by Gasteiger charge is -2.48. The van der Waals surface area contributed by atoms with Gasteiger partial charge in [-0.3, -0.25) is 9.80 Å². The molecule has 0 aliphatic carbocycles. The number of aromatic hydroxyl groups is 1. The molecule has 12 nitrogen and oxygen atoms in total. The highest BCUT2D eigenvalue weighted by Gasteiger charge is 2.51. The van der Waals surface area contributed by atoms with E-state index in [1.807, 2.05) is 0 Å². The van der Waals surface area contributed by atoms with Crippen molar-refractivity contribution in [2.75, 3.05) is 31.1 Å². The first-order valence-corrected chi connectivity index (χ1v) is 21.1. The van der Waals surface area contributed by atoms with E-state index in [1.54, 1.807) is 0 Å². The Hall–Kier alpha value is -5.10. The third kappa shape index (κ3) is 7.02. The fourth-order valence-electron chi connectivity index (χ4n) is 10.9. The molecule has 2 aromatic carbocycles. The van der Waals surface area contributed by atoms with Crippen molar-refractivity contribution in [3.63, 3.8) is 0 Å². The second-order valence-corrected chi connectivity index (χ2v) is 17.1. The lowest BCUT2D eigenvalue weighted by molar-refractivity contribution is -0.275. The molecule has 0 spiro atoms. The number of pyridine rings is 1. The van der Waals surface area contributed by atoms with Crippen LogP contribution in [0.4, 0.5) is 32.2 Å². The minimum absolute atomic E-state index is 0.00230. The minimum atomic E-state index is -5.30. The number of hydrogen-bond acceptors (Lipinski definition) is 12. The number of fused-ring (bicyclic) bond motifs is 7. The predicted octanol–water partition coefficient (Wildman–Crippen LogP) is 8.13. The third-order valence-electron chi connectivity index (χ3n) is 13.5. The van der Waals surface area contributed by atoms with E-state index in [4.69, 9.17) is 23.5 Å². The van der Waals surface area contributed by atoms with Gasteiger partial charge in [0.15, 0.2) is 28.9 Å². The monoisotopic (exact) mass is 854 g/mol. The summed E-state index contributed by atoms with van der Waals surface area (Å²) in [6.07, 6.45) is 1.08. The highest BCUT2D eigenvalue weighted by atomic mass is 19.4. The number of rotatable bonds is 10. The summed E-state index contributed by atoms with van der Waals surface area (Å²) in [6, 6.07) is 3.81. The van der Waals surface area contributed by atoms with Gasteiger partial charge in [-0.15, -0.1) is 13.2 Å². The summed E-state index contributed by atoms with van der Waals surface area (Å²) >= 11 is 0. The van der Waals surface area contributed by atoms with Crippen molar-refractivity contribution < 1.29 is 49.8 Å². The number of alkyl halides is 4. The summed E-state index contributed by atoms with van der Waals surface area (Å²) in [7, 11) is 0. The summed E-state index contributed by atoms with van der Waals surface area (Å²) in [4.78, 5) is 33.2. The summed E-state index contributed by atoms with van der Waals surface area (Å²) in [5.74, 6) is -3.27. The van der Waals surface area contributed by atoms with Gasteiger partial charge in [0, 0.05) is 55.0 Å². The Balaban J connectivity index is 1.11. The van der Waals surface area contributed by atoms with Gasteiger partial charge < -0.3 is 28.3 Å².